The van der Waals surface area contributed by atoms with Crippen molar-refractivity contribution >= 4 is 0 Å². The predicted octanol–water partition coefficient (Wildman–Crippen LogP) is 4.05. The Bertz CT molecular complexity index is 138. The third kappa shape index (κ3) is 8.96. The Labute approximate surface area is 75.9 Å². The summed E-state index contributed by atoms with van der Waals surface area (Å²) in [7, 11) is 0. The van der Waals surface area contributed by atoms with Gasteiger partial charge in [-0.1, -0.05) is 62.2 Å². The van der Waals surface area contributed by atoms with Gasteiger partial charge >= 0.3 is 0 Å². The summed E-state index contributed by atoms with van der Waals surface area (Å²) >= 11 is 0. The van der Waals surface area contributed by atoms with Crippen molar-refractivity contribution in [2.24, 2.45) is 0 Å². The summed E-state index contributed by atoms with van der Waals surface area (Å²) in [4.78, 5) is 0. The Hall–Kier alpha value is -1.04. The minimum Gasteiger partial charge on any atom is -0.103 e. The molecule has 66 valence electrons. The molecule has 0 aromatic heterocycles. The highest BCUT2D eigenvalue weighted by molar-refractivity contribution is 4.99. The zero-order valence-electron chi connectivity index (χ0n) is 7.87. The summed E-state index contributed by atoms with van der Waals surface area (Å²) in [6.45, 7) is 5.78. The van der Waals surface area contributed by atoms with E-state index in [-0.39, 0.29) is 0 Å². The molecule has 0 bridgehead atoms. The summed E-state index contributed by atoms with van der Waals surface area (Å²) in [5, 5.41) is 0. The SMILES string of the molecule is C=CCCCC.c1ccccc1. The fourth-order valence-electron chi connectivity index (χ4n) is 0.733. The molecule has 0 fully saturated rings. The molecule has 0 amide bonds. The van der Waals surface area contributed by atoms with Crippen LogP contribution in [0.3, 0.4) is 0 Å². The van der Waals surface area contributed by atoms with Crippen LogP contribution in [0.15, 0.2) is 49.1 Å². The van der Waals surface area contributed by atoms with Crippen LogP contribution in [-0.2, 0) is 0 Å². The van der Waals surface area contributed by atoms with Gasteiger partial charge in [0.15, 0.2) is 0 Å². The van der Waals surface area contributed by atoms with Crippen molar-refractivity contribution in [2.45, 2.75) is 26.2 Å². The molecule has 0 unspecified atom stereocenters. The second kappa shape index (κ2) is 9.96. The van der Waals surface area contributed by atoms with Crippen molar-refractivity contribution in [1.29, 1.82) is 0 Å². The van der Waals surface area contributed by atoms with Crippen LogP contribution in [-0.4, -0.2) is 0 Å². The molecule has 12 heavy (non-hydrogen) atoms. The first-order valence-electron chi connectivity index (χ1n) is 4.52. The van der Waals surface area contributed by atoms with Gasteiger partial charge in [-0.15, -0.1) is 6.58 Å². The monoisotopic (exact) mass is 162 g/mol. The molecule has 0 saturated heterocycles. The highest BCUT2D eigenvalue weighted by atomic mass is 13.8. The number of unbranched alkanes of at least 4 members (excludes halogenated alkanes) is 2. The molecule has 1 aromatic carbocycles. The molecular formula is C12H18. The van der Waals surface area contributed by atoms with E-state index < -0.39 is 0 Å². The van der Waals surface area contributed by atoms with Crippen molar-refractivity contribution < 1.29 is 0 Å². The average molecular weight is 162 g/mol. The second-order valence-electron chi connectivity index (χ2n) is 2.59. The Morgan fingerprint density at radius 1 is 1.00 bits per heavy atom. The van der Waals surface area contributed by atoms with Gasteiger partial charge in [-0.05, 0) is 6.42 Å². The highest BCUT2D eigenvalue weighted by Gasteiger charge is 1.71. The summed E-state index contributed by atoms with van der Waals surface area (Å²) in [5.74, 6) is 0. The fraction of sp³-hybridized carbons (Fsp3) is 0.333. The zero-order valence-corrected chi connectivity index (χ0v) is 7.87. The molecule has 0 atom stereocenters. The highest BCUT2D eigenvalue weighted by Crippen LogP contribution is 1.91. The van der Waals surface area contributed by atoms with Crippen LogP contribution >= 0.6 is 0 Å². The van der Waals surface area contributed by atoms with E-state index in [1.165, 1.54) is 19.3 Å². The second-order valence-corrected chi connectivity index (χ2v) is 2.59. The van der Waals surface area contributed by atoms with Gasteiger partial charge in [0.2, 0.25) is 0 Å². The van der Waals surface area contributed by atoms with E-state index in [2.05, 4.69) is 13.5 Å². The number of benzene rings is 1. The van der Waals surface area contributed by atoms with Crippen LogP contribution in [0.5, 0.6) is 0 Å². The van der Waals surface area contributed by atoms with Crippen LogP contribution in [0.25, 0.3) is 0 Å². The van der Waals surface area contributed by atoms with Crippen LogP contribution in [0.2, 0.25) is 0 Å². The molecule has 1 rings (SSSR count). The predicted molar refractivity (Wildman–Crippen MR) is 56.2 cm³/mol. The van der Waals surface area contributed by atoms with Gasteiger partial charge in [-0.25, -0.2) is 0 Å². The maximum Gasteiger partial charge on any atom is -0.0354 e. The summed E-state index contributed by atoms with van der Waals surface area (Å²) < 4.78 is 0. The first-order chi connectivity index (χ1) is 5.91. The van der Waals surface area contributed by atoms with Gasteiger partial charge in [-0.2, -0.15) is 0 Å². The molecule has 0 saturated carbocycles. The van der Waals surface area contributed by atoms with E-state index in [0.29, 0.717) is 0 Å². The lowest BCUT2D eigenvalue weighted by Crippen LogP contribution is -1.61. The molecule has 0 radical (unpaired) electrons. The van der Waals surface area contributed by atoms with Crippen LogP contribution in [0, 0.1) is 0 Å². The molecule has 1 aromatic rings. The average Bonchev–Trinajstić information content (AvgIpc) is 2.18. The molecule has 0 aliphatic heterocycles. The molecule has 0 heterocycles. The standard InChI is InChI=1S/C6H6.C6H12/c1-2-4-6-5-3-1;1-3-5-6-4-2/h1-6H;3H,1,4-6H2,2H3. The van der Waals surface area contributed by atoms with E-state index in [1.807, 2.05) is 42.5 Å². The minimum atomic E-state index is 1.18. The van der Waals surface area contributed by atoms with E-state index in [1.54, 1.807) is 0 Å². The third-order valence-corrected chi connectivity index (χ3v) is 1.43. The van der Waals surface area contributed by atoms with Crippen molar-refractivity contribution in [3.63, 3.8) is 0 Å². The Kier molecular flexibility index (Phi) is 9.10. The first kappa shape index (κ1) is 11.0. The lowest BCUT2D eigenvalue weighted by molar-refractivity contribution is 0.816. The maximum absolute atomic E-state index is 3.60. The molecule has 0 aliphatic carbocycles. The molecule has 0 aliphatic rings. The van der Waals surface area contributed by atoms with Gasteiger partial charge < -0.3 is 0 Å². The van der Waals surface area contributed by atoms with Gasteiger partial charge in [0.25, 0.3) is 0 Å². The largest absolute Gasteiger partial charge is 0.103 e. The Morgan fingerprint density at radius 2 is 1.42 bits per heavy atom. The molecule has 0 N–H and O–H groups in total. The zero-order chi connectivity index (χ0) is 9.07. The number of rotatable bonds is 3. The molecular weight excluding hydrogens is 144 g/mol. The lowest BCUT2D eigenvalue weighted by atomic mass is 10.3. The van der Waals surface area contributed by atoms with Crippen LogP contribution < -0.4 is 0 Å². The van der Waals surface area contributed by atoms with Gasteiger partial charge in [0.05, 0.1) is 0 Å². The van der Waals surface area contributed by atoms with E-state index in [0.717, 1.165) is 0 Å². The number of hydrogen-bond donors (Lipinski definition) is 0. The van der Waals surface area contributed by atoms with Crippen molar-refractivity contribution in [1.82, 2.24) is 0 Å². The first-order valence-corrected chi connectivity index (χ1v) is 4.52. The van der Waals surface area contributed by atoms with Crippen molar-refractivity contribution in [2.75, 3.05) is 0 Å². The van der Waals surface area contributed by atoms with E-state index in [9.17, 15) is 0 Å². The minimum absolute atomic E-state index is 1.18. The lowest BCUT2D eigenvalue weighted by Gasteiger charge is -1.81. The third-order valence-electron chi connectivity index (χ3n) is 1.43. The van der Waals surface area contributed by atoms with E-state index >= 15 is 0 Å². The fourth-order valence-corrected chi connectivity index (χ4v) is 0.733. The number of hydrogen-bond acceptors (Lipinski definition) is 0. The smallest absolute Gasteiger partial charge is 0.0354 e. The normalized spacial score (nSPS) is 8.08. The Morgan fingerprint density at radius 3 is 1.58 bits per heavy atom. The van der Waals surface area contributed by atoms with Crippen LogP contribution in [0.4, 0.5) is 0 Å². The van der Waals surface area contributed by atoms with Gasteiger partial charge in [0.1, 0.15) is 0 Å². The number of allylic oxidation sites excluding steroid dienone is 1. The van der Waals surface area contributed by atoms with Crippen molar-refractivity contribution in [3.05, 3.63) is 49.1 Å². The van der Waals surface area contributed by atoms with Gasteiger partial charge in [-0.3, -0.25) is 0 Å². The molecule has 0 heteroatoms. The van der Waals surface area contributed by atoms with Crippen LogP contribution in [0.1, 0.15) is 26.2 Å². The van der Waals surface area contributed by atoms with E-state index in [4.69, 9.17) is 0 Å². The summed E-state index contributed by atoms with van der Waals surface area (Å²) in [6, 6.07) is 12.0. The topological polar surface area (TPSA) is 0 Å². The Balaban J connectivity index is 0.000000202. The maximum atomic E-state index is 3.60. The quantitative estimate of drug-likeness (QED) is 0.464. The summed E-state index contributed by atoms with van der Waals surface area (Å²) in [5.41, 5.74) is 0. The molecule has 0 spiro atoms. The summed E-state index contributed by atoms with van der Waals surface area (Å²) in [6.07, 6.45) is 5.72. The van der Waals surface area contributed by atoms with Crippen molar-refractivity contribution in [3.8, 4) is 0 Å². The molecule has 0 nitrogen and oxygen atoms in total. The van der Waals surface area contributed by atoms with Gasteiger partial charge in [0, 0.05) is 0 Å².